The highest BCUT2D eigenvalue weighted by Crippen LogP contribution is 2.27. The Bertz CT molecular complexity index is 1310. The fraction of sp³-hybridized carbons (Fsp3) is 0.125. The highest BCUT2D eigenvalue weighted by atomic mass is 16.5. The summed E-state index contributed by atoms with van der Waals surface area (Å²) >= 11 is 0. The highest BCUT2D eigenvalue weighted by molar-refractivity contribution is 6.07. The van der Waals surface area contributed by atoms with E-state index < -0.39 is 23.7 Å². The number of ether oxygens (including phenoxy) is 1. The molecule has 7 heteroatoms. The summed E-state index contributed by atoms with van der Waals surface area (Å²) in [5.41, 5.74) is 1.04. The summed E-state index contributed by atoms with van der Waals surface area (Å²) in [6.07, 6.45) is 0. The number of para-hydroxylation sites is 1. The second-order valence-corrected chi connectivity index (χ2v) is 7.04. The summed E-state index contributed by atoms with van der Waals surface area (Å²) in [6, 6.07) is 20.1. The van der Waals surface area contributed by atoms with Crippen molar-refractivity contribution in [2.45, 2.75) is 19.6 Å². The number of nitrogens with one attached hydrogen (secondary N) is 2. The molecule has 2 amide bonds. The maximum Gasteiger partial charge on any atom is 0.336 e. The van der Waals surface area contributed by atoms with E-state index >= 15 is 0 Å². The number of anilines is 1. The van der Waals surface area contributed by atoms with Crippen LogP contribution in [0.25, 0.3) is 21.7 Å². The van der Waals surface area contributed by atoms with Crippen LogP contribution in [0.4, 0.5) is 10.5 Å². The van der Waals surface area contributed by atoms with Crippen LogP contribution in [-0.2, 0) is 16.1 Å². The van der Waals surface area contributed by atoms with Gasteiger partial charge in [-0.1, -0.05) is 48.5 Å². The normalized spacial score (nSPS) is 11.8. The first-order valence-corrected chi connectivity index (χ1v) is 9.75. The molecular formula is C24H20N2O5. The minimum absolute atomic E-state index is 0.124. The van der Waals surface area contributed by atoms with Gasteiger partial charge in [0.05, 0.1) is 0 Å². The molecule has 31 heavy (non-hydrogen) atoms. The lowest BCUT2D eigenvalue weighted by Crippen LogP contribution is -2.41. The molecule has 1 atom stereocenters. The number of rotatable bonds is 5. The number of carbonyl (C=O) groups is 2. The topological polar surface area (TPSA) is 97.6 Å². The number of fused-ring (bicyclic) bond motifs is 3. The number of benzene rings is 3. The van der Waals surface area contributed by atoms with Crippen molar-refractivity contribution in [3.63, 3.8) is 0 Å². The number of urea groups is 1. The minimum atomic E-state index is -0.883. The number of carbonyl (C=O) groups excluding carboxylic acids is 2. The molecule has 3 aromatic carbocycles. The average Bonchev–Trinajstić information content (AvgIpc) is 2.77. The van der Waals surface area contributed by atoms with Gasteiger partial charge in [-0.15, -0.1) is 0 Å². The molecule has 0 bridgehead atoms. The Hall–Kier alpha value is -4.13. The molecule has 0 spiro atoms. The van der Waals surface area contributed by atoms with Crippen molar-refractivity contribution in [2.75, 3.05) is 5.32 Å². The van der Waals surface area contributed by atoms with Crippen molar-refractivity contribution in [1.82, 2.24) is 5.32 Å². The van der Waals surface area contributed by atoms with Gasteiger partial charge in [0.15, 0.2) is 0 Å². The Kier molecular flexibility index (Phi) is 5.66. The van der Waals surface area contributed by atoms with Gasteiger partial charge in [-0.2, -0.15) is 0 Å². The third-order valence-corrected chi connectivity index (χ3v) is 4.82. The summed E-state index contributed by atoms with van der Waals surface area (Å²) in [6.45, 7) is 1.40. The van der Waals surface area contributed by atoms with Gasteiger partial charge in [0, 0.05) is 22.7 Å². The lowest BCUT2D eigenvalue weighted by atomic mass is 10.0. The predicted octanol–water partition coefficient (Wildman–Crippen LogP) is 4.20. The van der Waals surface area contributed by atoms with E-state index in [1.807, 2.05) is 36.4 Å². The second-order valence-electron chi connectivity index (χ2n) is 7.04. The van der Waals surface area contributed by atoms with Crippen molar-refractivity contribution in [3.8, 4) is 0 Å². The Morgan fingerprint density at radius 1 is 1.00 bits per heavy atom. The van der Waals surface area contributed by atoms with E-state index in [0.717, 1.165) is 10.8 Å². The van der Waals surface area contributed by atoms with Crippen molar-refractivity contribution in [2.24, 2.45) is 0 Å². The van der Waals surface area contributed by atoms with Gasteiger partial charge < -0.3 is 19.8 Å². The molecule has 0 aliphatic heterocycles. The zero-order valence-electron chi connectivity index (χ0n) is 16.8. The van der Waals surface area contributed by atoms with Gasteiger partial charge in [0.25, 0.3) is 0 Å². The zero-order chi connectivity index (χ0) is 21.8. The van der Waals surface area contributed by atoms with Gasteiger partial charge in [0.2, 0.25) is 0 Å². The third-order valence-electron chi connectivity index (χ3n) is 4.82. The first-order chi connectivity index (χ1) is 15.0. The number of esters is 1. The van der Waals surface area contributed by atoms with Crippen LogP contribution < -0.4 is 16.3 Å². The molecule has 0 aliphatic carbocycles. The van der Waals surface area contributed by atoms with Gasteiger partial charge in [-0.3, -0.25) is 0 Å². The van der Waals surface area contributed by atoms with Crippen LogP contribution in [0.5, 0.6) is 0 Å². The smallest absolute Gasteiger partial charge is 0.336 e. The van der Waals surface area contributed by atoms with Crippen LogP contribution in [0.15, 0.2) is 82.0 Å². The molecular weight excluding hydrogens is 396 g/mol. The summed E-state index contributed by atoms with van der Waals surface area (Å²) in [4.78, 5) is 36.5. The van der Waals surface area contributed by atoms with E-state index in [9.17, 15) is 14.4 Å². The Morgan fingerprint density at radius 3 is 2.55 bits per heavy atom. The van der Waals surface area contributed by atoms with Crippen LogP contribution in [0, 0.1) is 0 Å². The Morgan fingerprint density at radius 2 is 1.74 bits per heavy atom. The third kappa shape index (κ3) is 4.56. The van der Waals surface area contributed by atoms with Crippen molar-refractivity contribution in [3.05, 3.63) is 88.8 Å². The van der Waals surface area contributed by atoms with E-state index in [4.69, 9.17) is 9.15 Å². The Labute approximate surface area is 177 Å². The lowest BCUT2D eigenvalue weighted by molar-refractivity contribution is -0.146. The van der Waals surface area contributed by atoms with E-state index in [0.29, 0.717) is 22.2 Å². The minimum Gasteiger partial charge on any atom is -0.459 e. The van der Waals surface area contributed by atoms with Crippen LogP contribution in [-0.4, -0.2) is 18.0 Å². The summed E-state index contributed by atoms with van der Waals surface area (Å²) < 4.78 is 10.7. The fourth-order valence-corrected chi connectivity index (χ4v) is 3.35. The molecule has 0 aliphatic rings. The quantitative estimate of drug-likeness (QED) is 0.289. The summed E-state index contributed by atoms with van der Waals surface area (Å²) in [5.74, 6) is -0.621. The summed E-state index contributed by atoms with van der Waals surface area (Å²) in [7, 11) is 0. The first kappa shape index (κ1) is 20.2. The maximum atomic E-state index is 12.4. The molecule has 0 radical (unpaired) electrons. The second kappa shape index (κ2) is 8.71. The van der Waals surface area contributed by atoms with E-state index in [1.165, 1.54) is 13.0 Å². The molecule has 0 saturated heterocycles. The SMILES string of the molecule is C[C@H](NC(=O)Nc1ccccc1)C(=O)OCc1cc(=O)oc2ccc3ccccc3c12. The molecule has 4 aromatic rings. The molecule has 7 nitrogen and oxygen atoms in total. The van der Waals surface area contributed by atoms with E-state index in [-0.39, 0.29) is 6.61 Å². The van der Waals surface area contributed by atoms with Crippen LogP contribution in [0.2, 0.25) is 0 Å². The van der Waals surface area contributed by atoms with E-state index in [2.05, 4.69) is 10.6 Å². The first-order valence-electron chi connectivity index (χ1n) is 9.75. The van der Waals surface area contributed by atoms with Gasteiger partial charge >= 0.3 is 17.6 Å². The number of amides is 2. The molecule has 1 heterocycles. The molecule has 156 valence electrons. The molecule has 0 fully saturated rings. The fourth-order valence-electron chi connectivity index (χ4n) is 3.35. The van der Waals surface area contributed by atoms with Crippen LogP contribution in [0.1, 0.15) is 12.5 Å². The molecule has 0 saturated carbocycles. The summed E-state index contributed by atoms with van der Waals surface area (Å²) in [5, 5.41) is 7.76. The van der Waals surface area contributed by atoms with Crippen molar-refractivity contribution < 1.29 is 18.7 Å². The van der Waals surface area contributed by atoms with Gasteiger partial charge in [-0.05, 0) is 35.9 Å². The van der Waals surface area contributed by atoms with Crippen molar-refractivity contribution >= 4 is 39.4 Å². The maximum absolute atomic E-state index is 12.4. The van der Waals surface area contributed by atoms with Crippen LogP contribution in [0.3, 0.4) is 0 Å². The van der Waals surface area contributed by atoms with Crippen molar-refractivity contribution in [1.29, 1.82) is 0 Å². The largest absolute Gasteiger partial charge is 0.459 e. The molecule has 4 rings (SSSR count). The zero-order valence-corrected chi connectivity index (χ0v) is 16.8. The molecule has 0 unspecified atom stereocenters. The number of hydrogen-bond donors (Lipinski definition) is 2. The predicted molar refractivity (Wildman–Crippen MR) is 118 cm³/mol. The van der Waals surface area contributed by atoms with E-state index in [1.54, 1.807) is 30.3 Å². The van der Waals surface area contributed by atoms with Crippen LogP contribution >= 0.6 is 0 Å². The monoisotopic (exact) mass is 416 g/mol. The highest BCUT2D eigenvalue weighted by Gasteiger charge is 2.18. The van der Waals surface area contributed by atoms with Gasteiger partial charge in [-0.25, -0.2) is 14.4 Å². The molecule has 1 aromatic heterocycles. The van der Waals surface area contributed by atoms with Gasteiger partial charge in [0.1, 0.15) is 18.2 Å². The molecule has 2 N–H and O–H groups in total. The standard InChI is InChI=1S/C24H20N2O5/c1-15(25-24(29)26-18-8-3-2-4-9-18)23(28)30-14-17-13-21(27)31-20-12-11-16-7-5-6-10-19(16)22(17)20/h2-13,15H,14H2,1H3,(H2,25,26,29)/t15-/m0/s1. The lowest BCUT2D eigenvalue weighted by Gasteiger charge is -2.15. The number of hydrogen-bond acceptors (Lipinski definition) is 5. The Balaban J connectivity index is 1.48. The average molecular weight is 416 g/mol.